The van der Waals surface area contributed by atoms with Crippen LogP contribution in [0.25, 0.3) is 11.2 Å². The summed E-state index contributed by atoms with van der Waals surface area (Å²) in [5, 5.41) is 30.6. The number of phosphoric acid groups is 2. The molecule has 0 bridgehead atoms. The molecule has 1 fully saturated rings. The van der Waals surface area contributed by atoms with Gasteiger partial charge in [0, 0.05) is 5.70 Å². The highest BCUT2D eigenvalue weighted by molar-refractivity contribution is 7.61. The van der Waals surface area contributed by atoms with E-state index in [-0.39, 0.29) is 22.8 Å². The molecule has 10 N–H and O–H groups in total. The molecule has 1 saturated heterocycles. The van der Waals surface area contributed by atoms with Crippen LogP contribution in [0.5, 0.6) is 0 Å². The Balaban J connectivity index is 1.40. The normalized spacial score (nSPS) is 33.7. The predicted molar refractivity (Wildman–Crippen MR) is 119 cm³/mol. The molecule has 0 amide bonds. The summed E-state index contributed by atoms with van der Waals surface area (Å²) in [6.07, 6.45) is -8.12. The molecule has 0 aliphatic carbocycles. The van der Waals surface area contributed by atoms with Crippen LogP contribution in [0.2, 0.25) is 0 Å². The molecule has 2 aromatic heterocycles. The van der Waals surface area contributed by atoms with E-state index in [4.69, 9.17) is 20.9 Å². The Morgan fingerprint density at radius 2 is 1.86 bits per heavy atom. The van der Waals surface area contributed by atoms with Crippen LogP contribution in [-0.2, 0) is 32.0 Å². The third kappa shape index (κ3) is 5.93. The largest absolute Gasteiger partial charge is 0.483 e. The number of ether oxygens (including phenoxy) is 2. The lowest BCUT2D eigenvalue weighted by molar-refractivity contribution is -0.165. The first-order valence-corrected chi connectivity index (χ1v) is 13.4. The van der Waals surface area contributed by atoms with Crippen LogP contribution in [0.15, 0.2) is 22.9 Å². The SMILES string of the molecule is C[C@H]1O[C@H](OP(=O)(O)OP(=O)(O)OC[C@H]2O[C@@H](n3cnc4c(=O)[nH]c(N)nc43)[C@H](O)[C@@H]2O)[C@@H](O)C=C1N. The lowest BCUT2D eigenvalue weighted by Gasteiger charge is -2.31. The number of rotatable bonds is 8. The van der Waals surface area contributed by atoms with E-state index in [1.54, 1.807) is 0 Å². The second-order valence-electron chi connectivity index (χ2n) is 8.05. The highest BCUT2D eigenvalue weighted by Gasteiger charge is 2.47. The molecule has 2 aliphatic rings. The second-order valence-corrected chi connectivity index (χ2v) is 11.0. The maximum atomic E-state index is 12.3. The summed E-state index contributed by atoms with van der Waals surface area (Å²) in [5.41, 5.74) is 10.4. The number of aliphatic hydroxyl groups is 3. The van der Waals surface area contributed by atoms with Crippen molar-refractivity contribution in [1.82, 2.24) is 19.5 Å². The van der Waals surface area contributed by atoms with E-state index in [1.165, 1.54) is 6.92 Å². The van der Waals surface area contributed by atoms with Gasteiger partial charge in [-0.1, -0.05) is 0 Å². The number of nitrogens with two attached hydrogens (primary N) is 2. The molecular formula is C16H24N6O13P2. The predicted octanol–water partition coefficient (Wildman–Crippen LogP) is -2.48. The molecule has 37 heavy (non-hydrogen) atoms. The van der Waals surface area contributed by atoms with E-state index in [0.29, 0.717) is 0 Å². The minimum absolute atomic E-state index is 0.0772. The highest BCUT2D eigenvalue weighted by atomic mass is 31.3. The van der Waals surface area contributed by atoms with Gasteiger partial charge in [0.1, 0.15) is 24.4 Å². The van der Waals surface area contributed by atoms with Crippen LogP contribution in [0, 0.1) is 0 Å². The first kappa shape index (κ1) is 27.8. The van der Waals surface area contributed by atoms with Crippen LogP contribution in [0.3, 0.4) is 0 Å². The molecule has 0 spiro atoms. The number of nitrogens with zero attached hydrogens (tertiary/aromatic N) is 3. The number of imidazole rings is 1. The Morgan fingerprint density at radius 1 is 1.16 bits per heavy atom. The fourth-order valence-electron chi connectivity index (χ4n) is 3.56. The van der Waals surface area contributed by atoms with Crippen molar-refractivity contribution in [3.05, 3.63) is 28.5 Å². The molecule has 0 saturated carbocycles. The Hall–Kier alpha value is -2.25. The number of aliphatic hydroxyl groups excluding tert-OH is 3. The number of phosphoric ester groups is 2. The number of nitrogen functional groups attached to an aromatic ring is 1. The van der Waals surface area contributed by atoms with Crippen molar-refractivity contribution in [1.29, 1.82) is 0 Å². The number of aromatic amines is 1. The van der Waals surface area contributed by atoms with Crippen LogP contribution >= 0.6 is 15.6 Å². The van der Waals surface area contributed by atoms with Crippen molar-refractivity contribution < 1.29 is 57.1 Å². The summed E-state index contributed by atoms with van der Waals surface area (Å²) in [6, 6.07) is 0. The lowest BCUT2D eigenvalue weighted by atomic mass is 10.1. The Kier molecular flexibility index (Phi) is 7.61. The first-order chi connectivity index (χ1) is 17.2. The molecule has 4 rings (SSSR count). The molecule has 19 nitrogen and oxygen atoms in total. The molecular weight excluding hydrogens is 546 g/mol. The van der Waals surface area contributed by atoms with Crippen LogP contribution in [0.4, 0.5) is 5.95 Å². The van der Waals surface area contributed by atoms with Gasteiger partial charge in [0.2, 0.25) is 5.95 Å². The third-order valence-electron chi connectivity index (χ3n) is 5.36. The van der Waals surface area contributed by atoms with E-state index in [1.807, 2.05) is 0 Å². The molecule has 0 radical (unpaired) electrons. The Morgan fingerprint density at radius 3 is 2.57 bits per heavy atom. The van der Waals surface area contributed by atoms with Gasteiger partial charge in [-0.15, -0.1) is 0 Å². The van der Waals surface area contributed by atoms with Gasteiger partial charge in [-0.3, -0.25) is 23.4 Å². The second kappa shape index (κ2) is 10.1. The molecule has 9 atom stereocenters. The number of anilines is 1. The zero-order chi connectivity index (χ0) is 27.3. The minimum atomic E-state index is -5.35. The van der Waals surface area contributed by atoms with Gasteiger partial charge < -0.3 is 46.0 Å². The number of hydrogen-bond acceptors (Lipinski definition) is 15. The van der Waals surface area contributed by atoms with Crippen molar-refractivity contribution in [2.24, 2.45) is 5.73 Å². The summed E-state index contributed by atoms with van der Waals surface area (Å²) in [6.45, 7) is 0.547. The van der Waals surface area contributed by atoms with E-state index < -0.39 is 70.8 Å². The number of hydrogen-bond donors (Lipinski definition) is 8. The molecule has 2 aromatic rings. The van der Waals surface area contributed by atoms with Crippen molar-refractivity contribution in [3.8, 4) is 0 Å². The van der Waals surface area contributed by atoms with Crippen molar-refractivity contribution >= 4 is 32.8 Å². The van der Waals surface area contributed by atoms with Gasteiger partial charge >= 0.3 is 15.6 Å². The van der Waals surface area contributed by atoms with E-state index >= 15 is 0 Å². The Bertz CT molecular complexity index is 1350. The number of H-pyrrole nitrogens is 1. The van der Waals surface area contributed by atoms with E-state index in [0.717, 1.165) is 17.0 Å². The topological polar surface area (TPSA) is 297 Å². The summed E-state index contributed by atoms with van der Waals surface area (Å²) in [5.74, 6) is -0.249. The third-order valence-corrected chi connectivity index (χ3v) is 7.96. The van der Waals surface area contributed by atoms with Gasteiger partial charge in [0.05, 0.1) is 19.0 Å². The molecule has 21 heteroatoms. The molecule has 0 aromatic carbocycles. The minimum Gasteiger partial charge on any atom is -0.400 e. The van der Waals surface area contributed by atoms with Gasteiger partial charge in [0.15, 0.2) is 23.7 Å². The fourth-order valence-corrected chi connectivity index (χ4v) is 5.71. The van der Waals surface area contributed by atoms with Crippen LogP contribution in [-0.4, -0.2) is 88.0 Å². The van der Waals surface area contributed by atoms with Gasteiger partial charge in [0.25, 0.3) is 5.56 Å². The smallest absolute Gasteiger partial charge is 0.400 e. The standard InChI is InChI=1S/C16H24N6O13P2/c1-5-6(17)2-7(23)15(32-5)34-37(29,30)35-36(27,28)31-3-8-10(24)11(25)14(33-8)22-4-19-9-12(22)20-16(18)21-13(9)26/h2,4-5,7-8,10-11,14-15,23-25H,3,17H2,1H3,(H,27,28)(H,29,30)(H3,18,20,21,26)/t5-,7+,8-,10-,11-,14-,15-/m1/s1. The van der Waals surface area contributed by atoms with E-state index in [2.05, 4.69) is 28.3 Å². The van der Waals surface area contributed by atoms with Gasteiger partial charge in [-0.05, 0) is 13.0 Å². The summed E-state index contributed by atoms with van der Waals surface area (Å²) in [4.78, 5) is 41.7. The fraction of sp³-hybridized carbons (Fsp3) is 0.562. The number of nitrogens with one attached hydrogen (secondary N) is 1. The lowest BCUT2D eigenvalue weighted by Crippen LogP contribution is -2.40. The number of aromatic nitrogens is 4. The average Bonchev–Trinajstić information content (AvgIpc) is 3.31. The average molecular weight is 570 g/mol. The van der Waals surface area contributed by atoms with Gasteiger partial charge in [-0.2, -0.15) is 9.29 Å². The molecule has 4 heterocycles. The van der Waals surface area contributed by atoms with Crippen LogP contribution in [0.1, 0.15) is 13.2 Å². The van der Waals surface area contributed by atoms with Crippen molar-refractivity contribution in [3.63, 3.8) is 0 Å². The molecule has 2 aliphatic heterocycles. The summed E-state index contributed by atoms with van der Waals surface area (Å²) < 4.78 is 49.6. The van der Waals surface area contributed by atoms with Crippen molar-refractivity contribution in [2.75, 3.05) is 12.3 Å². The zero-order valence-electron chi connectivity index (χ0n) is 18.8. The molecule has 206 valence electrons. The number of fused-ring (bicyclic) bond motifs is 1. The van der Waals surface area contributed by atoms with Crippen molar-refractivity contribution in [2.45, 2.75) is 50.0 Å². The van der Waals surface area contributed by atoms with Gasteiger partial charge in [-0.25, -0.2) is 14.1 Å². The Labute approximate surface area is 206 Å². The summed E-state index contributed by atoms with van der Waals surface area (Å²) in [7, 11) is -10.7. The zero-order valence-corrected chi connectivity index (χ0v) is 20.6. The highest BCUT2D eigenvalue weighted by Crippen LogP contribution is 2.61. The van der Waals surface area contributed by atoms with Crippen LogP contribution < -0.4 is 17.0 Å². The van der Waals surface area contributed by atoms with E-state index in [9.17, 15) is 39.0 Å². The quantitative estimate of drug-likeness (QED) is 0.152. The maximum absolute atomic E-state index is 12.3. The summed E-state index contributed by atoms with van der Waals surface area (Å²) >= 11 is 0. The maximum Gasteiger partial charge on any atom is 0.483 e. The first-order valence-electron chi connectivity index (χ1n) is 10.4. The molecule has 2 unspecified atom stereocenters. The monoisotopic (exact) mass is 570 g/mol.